The van der Waals surface area contributed by atoms with Gasteiger partial charge < -0.3 is 14.5 Å². The molecule has 0 unspecified atom stereocenters. The van der Waals surface area contributed by atoms with Gasteiger partial charge in [-0.25, -0.2) is 4.79 Å². The van der Waals surface area contributed by atoms with Gasteiger partial charge in [0.25, 0.3) is 5.91 Å². The second-order valence-corrected chi connectivity index (χ2v) is 5.50. The molecule has 0 aliphatic heterocycles. The Morgan fingerprint density at radius 2 is 1.91 bits per heavy atom. The van der Waals surface area contributed by atoms with Crippen molar-refractivity contribution in [2.45, 2.75) is 0 Å². The van der Waals surface area contributed by atoms with Crippen molar-refractivity contribution in [1.29, 1.82) is 0 Å². The van der Waals surface area contributed by atoms with Crippen molar-refractivity contribution < 1.29 is 18.7 Å². The van der Waals surface area contributed by atoms with E-state index < -0.39 is 18.5 Å². The SMILES string of the molecule is O=C(COC(=O)/C=C/c1ccco1)Nc1c(Cl)cc(Cl)cc1Cl. The van der Waals surface area contributed by atoms with Crippen molar-refractivity contribution in [3.63, 3.8) is 0 Å². The zero-order chi connectivity index (χ0) is 16.8. The number of carbonyl (C=O) groups excluding carboxylic acids is 2. The van der Waals surface area contributed by atoms with Crippen LogP contribution in [0.4, 0.5) is 5.69 Å². The summed E-state index contributed by atoms with van der Waals surface area (Å²) in [5.74, 6) is -0.785. The maximum Gasteiger partial charge on any atom is 0.331 e. The van der Waals surface area contributed by atoms with Crippen LogP contribution in [0.3, 0.4) is 0 Å². The lowest BCUT2D eigenvalue weighted by Gasteiger charge is -2.09. The van der Waals surface area contributed by atoms with E-state index in [0.29, 0.717) is 10.8 Å². The van der Waals surface area contributed by atoms with E-state index >= 15 is 0 Å². The highest BCUT2D eigenvalue weighted by atomic mass is 35.5. The minimum Gasteiger partial charge on any atom is -0.465 e. The van der Waals surface area contributed by atoms with Crippen molar-refractivity contribution >= 4 is 58.4 Å². The molecule has 1 aromatic carbocycles. The van der Waals surface area contributed by atoms with Crippen LogP contribution in [0, 0.1) is 0 Å². The number of carbonyl (C=O) groups is 2. The van der Waals surface area contributed by atoms with Crippen LogP contribution in [0.1, 0.15) is 5.76 Å². The maximum absolute atomic E-state index is 11.8. The molecule has 0 spiro atoms. The van der Waals surface area contributed by atoms with E-state index in [1.807, 2.05) is 0 Å². The summed E-state index contributed by atoms with van der Waals surface area (Å²) in [6, 6.07) is 6.21. The summed E-state index contributed by atoms with van der Waals surface area (Å²) in [6.45, 7) is -0.489. The Kier molecular flexibility index (Phi) is 6.10. The topological polar surface area (TPSA) is 68.5 Å². The lowest BCUT2D eigenvalue weighted by molar-refractivity contribution is -0.142. The van der Waals surface area contributed by atoms with Crippen molar-refractivity contribution in [2.24, 2.45) is 0 Å². The van der Waals surface area contributed by atoms with Crippen molar-refractivity contribution in [3.05, 3.63) is 57.4 Å². The second kappa shape index (κ2) is 8.06. The van der Waals surface area contributed by atoms with Crippen molar-refractivity contribution in [2.75, 3.05) is 11.9 Å². The molecular formula is C15H10Cl3NO4. The third-order valence-corrected chi connectivity index (χ3v) is 3.36. The molecule has 1 N–H and O–H groups in total. The van der Waals surface area contributed by atoms with E-state index in [-0.39, 0.29) is 15.7 Å². The monoisotopic (exact) mass is 373 g/mol. The maximum atomic E-state index is 11.8. The fourth-order valence-corrected chi connectivity index (χ4v) is 2.47. The molecule has 0 atom stereocenters. The summed E-state index contributed by atoms with van der Waals surface area (Å²) >= 11 is 17.6. The van der Waals surface area contributed by atoms with Gasteiger partial charge in [0.2, 0.25) is 0 Å². The molecule has 0 saturated heterocycles. The highest BCUT2D eigenvalue weighted by molar-refractivity contribution is 6.42. The van der Waals surface area contributed by atoms with E-state index in [2.05, 4.69) is 5.32 Å². The second-order valence-electron chi connectivity index (χ2n) is 4.25. The first-order valence-electron chi connectivity index (χ1n) is 6.28. The number of furan rings is 1. The molecule has 0 aliphatic carbocycles. The van der Waals surface area contributed by atoms with Crippen LogP contribution in [-0.2, 0) is 14.3 Å². The number of benzene rings is 1. The Morgan fingerprint density at radius 3 is 2.52 bits per heavy atom. The predicted octanol–water partition coefficient (Wildman–Crippen LogP) is 4.43. The summed E-state index contributed by atoms with van der Waals surface area (Å²) < 4.78 is 9.80. The van der Waals surface area contributed by atoms with Crippen LogP contribution in [0.15, 0.2) is 41.0 Å². The Labute approximate surface area is 146 Å². The van der Waals surface area contributed by atoms with Gasteiger partial charge in [-0.1, -0.05) is 34.8 Å². The summed E-state index contributed by atoms with van der Waals surface area (Å²) in [7, 11) is 0. The van der Waals surface area contributed by atoms with E-state index in [1.165, 1.54) is 24.5 Å². The Bertz CT molecular complexity index is 718. The number of anilines is 1. The number of halogens is 3. The molecule has 1 heterocycles. The highest BCUT2D eigenvalue weighted by Gasteiger charge is 2.12. The quantitative estimate of drug-likeness (QED) is 0.621. The average molecular weight is 375 g/mol. The predicted molar refractivity (Wildman–Crippen MR) is 88.8 cm³/mol. The summed E-state index contributed by atoms with van der Waals surface area (Å²) in [6.07, 6.45) is 4.04. The molecule has 0 bridgehead atoms. The fourth-order valence-electron chi connectivity index (χ4n) is 1.56. The van der Waals surface area contributed by atoms with Gasteiger partial charge in [0.1, 0.15) is 5.76 Å². The molecule has 0 radical (unpaired) electrons. The zero-order valence-corrected chi connectivity index (χ0v) is 13.8. The number of nitrogens with one attached hydrogen (secondary N) is 1. The zero-order valence-electron chi connectivity index (χ0n) is 11.5. The lowest BCUT2D eigenvalue weighted by Crippen LogP contribution is -2.20. The third kappa shape index (κ3) is 5.32. The van der Waals surface area contributed by atoms with Gasteiger partial charge in [-0.05, 0) is 30.3 Å². The highest BCUT2D eigenvalue weighted by Crippen LogP contribution is 2.33. The number of hydrogen-bond donors (Lipinski definition) is 1. The van der Waals surface area contributed by atoms with Crippen molar-refractivity contribution in [1.82, 2.24) is 0 Å². The molecular weight excluding hydrogens is 365 g/mol. The van der Waals surface area contributed by atoms with Gasteiger partial charge in [0.05, 0.1) is 22.0 Å². The molecule has 1 amide bonds. The molecule has 8 heteroatoms. The third-order valence-electron chi connectivity index (χ3n) is 2.54. The van der Waals surface area contributed by atoms with Gasteiger partial charge in [-0.15, -0.1) is 0 Å². The Morgan fingerprint density at radius 1 is 1.22 bits per heavy atom. The smallest absolute Gasteiger partial charge is 0.331 e. The minimum atomic E-state index is -0.690. The molecule has 23 heavy (non-hydrogen) atoms. The number of hydrogen-bond acceptors (Lipinski definition) is 4. The first kappa shape index (κ1) is 17.4. The first-order chi connectivity index (χ1) is 11.0. The molecule has 0 saturated carbocycles. The number of rotatable bonds is 5. The van der Waals surface area contributed by atoms with E-state index in [1.54, 1.807) is 12.1 Å². The molecule has 0 aliphatic rings. The normalized spacial score (nSPS) is 10.7. The van der Waals surface area contributed by atoms with Gasteiger partial charge in [-0.3, -0.25) is 4.79 Å². The van der Waals surface area contributed by atoms with Crippen LogP contribution >= 0.6 is 34.8 Å². The van der Waals surface area contributed by atoms with Crippen LogP contribution in [-0.4, -0.2) is 18.5 Å². The van der Waals surface area contributed by atoms with Gasteiger partial charge >= 0.3 is 5.97 Å². The van der Waals surface area contributed by atoms with Gasteiger partial charge in [0, 0.05) is 11.1 Å². The average Bonchev–Trinajstić information content (AvgIpc) is 3.00. The molecule has 5 nitrogen and oxygen atoms in total. The lowest BCUT2D eigenvalue weighted by atomic mass is 10.3. The fraction of sp³-hybridized carbons (Fsp3) is 0.0667. The number of ether oxygens (including phenoxy) is 1. The largest absolute Gasteiger partial charge is 0.465 e. The van der Waals surface area contributed by atoms with Crippen LogP contribution in [0.25, 0.3) is 6.08 Å². The van der Waals surface area contributed by atoms with E-state index in [9.17, 15) is 9.59 Å². The number of amides is 1. The first-order valence-corrected chi connectivity index (χ1v) is 7.42. The number of esters is 1. The van der Waals surface area contributed by atoms with E-state index in [0.717, 1.165) is 6.08 Å². The van der Waals surface area contributed by atoms with Crippen LogP contribution < -0.4 is 5.32 Å². The molecule has 2 aromatic rings. The molecule has 1 aromatic heterocycles. The van der Waals surface area contributed by atoms with Crippen LogP contribution in [0.5, 0.6) is 0 Å². The molecule has 0 fully saturated rings. The summed E-state index contributed by atoms with van der Waals surface area (Å²) in [4.78, 5) is 23.2. The van der Waals surface area contributed by atoms with Gasteiger partial charge in [0.15, 0.2) is 6.61 Å². The summed E-state index contributed by atoms with van der Waals surface area (Å²) in [5, 5.41) is 3.15. The van der Waals surface area contributed by atoms with Crippen molar-refractivity contribution in [3.8, 4) is 0 Å². The van der Waals surface area contributed by atoms with E-state index in [4.69, 9.17) is 44.0 Å². The molecule has 2 rings (SSSR count). The Balaban J connectivity index is 1.87. The summed E-state index contributed by atoms with van der Waals surface area (Å²) in [5.41, 5.74) is 0.199. The standard InChI is InChI=1S/C15H10Cl3NO4/c16-9-6-11(17)15(12(18)7-9)19-13(20)8-23-14(21)4-3-10-2-1-5-22-10/h1-7H,8H2,(H,19,20)/b4-3+. The minimum absolute atomic E-state index is 0.180. The van der Waals surface area contributed by atoms with Gasteiger partial charge in [-0.2, -0.15) is 0 Å². The molecule has 120 valence electrons. The van der Waals surface area contributed by atoms with Crippen LogP contribution in [0.2, 0.25) is 15.1 Å². The Hall–Kier alpha value is -1.95.